The second-order valence-corrected chi connectivity index (χ2v) is 19.6. The molecule has 0 amide bonds. The van der Waals surface area contributed by atoms with Crippen molar-refractivity contribution in [1.29, 1.82) is 0 Å². The Kier molecular flexibility index (Phi) is 48.0. The minimum Gasteiger partial charge on any atom is -0.462 e. The van der Waals surface area contributed by atoms with Crippen LogP contribution in [-0.2, 0) is 32.7 Å². The van der Waals surface area contributed by atoms with Crippen LogP contribution >= 0.6 is 7.82 Å². The number of allylic oxidation sites excluding steroid dienone is 28. The molecule has 0 aromatic heterocycles. The average Bonchev–Trinajstić information content (AvgIpc) is 3.34. The van der Waals surface area contributed by atoms with Crippen molar-refractivity contribution >= 4 is 19.8 Å². The topological polar surface area (TPSA) is 108 Å². The second kappa shape index (κ2) is 51.3. The Balaban J connectivity index is 4.43. The van der Waals surface area contributed by atoms with E-state index in [9.17, 15) is 19.0 Å². The van der Waals surface area contributed by atoms with Crippen molar-refractivity contribution in [2.24, 2.45) is 0 Å². The predicted molar refractivity (Wildman–Crippen MR) is 306 cm³/mol. The molecule has 0 saturated carbocycles. The first-order chi connectivity index (χ1) is 35.0. The highest BCUT2D eigenvalue weighted by Gasteiger charge is 2.27. The van der Waals surface area contributed by atoms with Gasteiger partial charge in [0.25, 0.3) is 0 Å². The normalized spacial score (nSPS) is 14.7. The maximum atomic E-state index is 12.8. The smallest absolute Gasteiger partial charge is 0.462 e. The van der Waals surface area contributed by atoms with Gasteiger partial charge in [-0.3, -0.25) is 18.6 Å². The largest absolute Gasteiger partial charge is 0.472 e. The van der Waals surface area contributed by atoms with Gasteiger partial charge in [0, 0.05) is 12.8 Å². The molecule has 1 N–H and O–H groups in total. The lowest BCUT2D eigenvalue weighted by atomic mass is 10.1. The quantitative estimate of drug-likeness (QED) is 0.0211. The van der Waals surface area contributed by atoms with Gasteiger partial charge in [0.1, 0.15) is 19.8 Å². The summed E-state index contributed by atoms with van der Waals surface area (Å²) in [6.07, 6.45) is 78.6. The SMILES string of the molecule is CC/C=C\C/C=C\C/C=C\C/C=C\C/C=C\C/C=C\C/C=C\C/C=C\CCCCCCC(=O)OC(COC(=O)CC/C=C\C/C=C\C/C=C\C/C=C\C/C=C\C/C=C\CC)COP(=O)(O)OCC[N+](C)(C)C. The van der Waals surface area contributed by atoms with Crippen molar-refractivity contribution < 1.29 is 42.1 Å². The van der Waals surface area contributed by atoms with Crippen molar-refractivity contribution in [2.45, 2.75) is 161 Å². The van der Waals surface area contributed by atoms with Gasteiger partial charge in [-0.2, -0.15) is 0 Å². The molecule has 0 aromatic rings. The molecular formula is C62H97NO8P+. The molecule has 0 aliphatic rings. The lowest BCUT2D eigenvalue weighted by Gasteiger charge is -2.24. The fourth-order valence-electron chi connectivity index (χ4n) is 6.17. The summed E-state index contributed by atoms with van der Waals surface area (Å²) in [6.45, 7) is 4.04. The number of esters is 2. The van der Waals surface area contributed by atoms with Crippen LogP contribution in [0, 0.1) is 0 Å². The number of unbranched alkanes of at least 4 members (excludes halogenated alkanes) is 4. The van der Waals surface area contributed by atoms with Crippen LogP contribution in [0.5, 0.6) is 0 Å². The molecule has 72 heavy (non-hydrogen) atoms. The minimum absolute atomic E-state index is 0.00385. The number of nitrogens with zero attached hydrogens (tertiary/aromatic N) is 1. The Labute approximate surface area is 438 Å². The summed E-state index contributed by atoms with van der Waals surface area (Å²) >= 11 is 0. The summed E-state index contributed by atoms with van der Waals surface area (Å²) in [5, 5.41) is 0. The van der Waals surface area contributed by atoms with Gasteiger partial charge in [0.05, 0.1) is 27.7 Å². The van der Waals surface area contributed by atoms with Crippen LogP contribution < -0.4 is 0 Å². The predicted octanol–water partition coefficient (Wildman–Crippen LogP) is 16.7. The molecular weight excluding hydrogens is 918 g/mol. The zero-order valence-corrected chi connectivity index (χ0v) is 46.2. The van der Waals surface area contributed by atoms with E-state index >= 15 is 0 Å². The van der Waals surface area contributed by atoms with Crippen LogP contribution in [0.2, 0.25) is 0 Å². The summed E-state index contributed by atoms with van der Waals surface area (Å²) in [5.41, 5.74) is 0. The van der Waals surface area contributed by atoms with Crippen molar-refractivity contribution in [3.05, 3.63) is 170 Å². The van der Waals surface area contributed by atoms with E-state index < -0.39 is 32.5 Å². The van der Waals surface area contributed by atoms with Gasteiger partial charge >= 0.3 is 19.8 Å². The minimum atomic E-state index is -4.42. The Hall–Kier alpha value is -4.63. The highest BCUT2D eigenvalue weighted by Crippen LogP contribution is 2.43. The fraction of sp³-hybridized carbons (Fsp3) is 0.516. The number of ether oxygens (including phenoxy) is 2. The summed E-state index contributed by atoms with van der Waals surface area (Å²) in [4.78, 5) is 35.6. The average molecular weight is 1020 g/mol. The second-order valence-electron chi connectivity index (χ2n) is 18.1. The number of rotatable bonds is 46. The zero-order chi connectivity index (χ0) is 52.7. The van der Waals surface area contributed by atoms with Crippen LogP contribution in [0.3, 0.4) is 0 Å². The Bertz CT molecular complexity index is 1810. The molecule has 0 aromatic carbocycles. The van der Waals surface area contributed by atoms with Gasteiger partial charge in [-0.25, -0.2) is 4.57 Å². The number of hydrogen-bond donors (Lipinski definition) is 1. The maximum absolute atomic E-state index is 12.8. The van der Waals surface area contributed by atoms with E-state index in [0.29, 0.717) is 23.9 Å². The van der Waals surface area contributed by atoms with E-state index in [-0.39, 0.29) is 26.1 Å². The van der Waals surface area contributed by atoms with Gasteiger partial charge in [0.15, 0.2) is 6.10 Å². The van der Waals surface area contributed by atoms with Gasteiger partial charge < -0.3 is 18.9 Å². The summed E-state index contributed by atoms with van der Waals surface area (Å²) in [5.74, 6) is -0.944. The number of phosphoric acid groups is 1. The first-order valence-corrected chi connectivity index (χ1v) is 28.4. The van der Waals surface area contributed by atoms with Gasteiger partial charge in [0.2, 0.25) is 0 Å². The van der Waals surface area contributed by atoms with E-state index in [2.05, 4.69) is 172 Å². The van der Waals surface area contributed by atoms with E-state index in [1.165, 1.54) is 0 Å². The number of hydrogen-bond acceptors (Lipinski definition) is 7. The Morgan fingerprint density at radius 3 is 1.15 bits per heavy atom. The van der Waals surface area contributed by atoms with Crippen molar-refractivity contribution in [3.63, 3.8) is 0 Å². The standard InChI is InChI=1S/C62H96NO8P/c1-6-8-10-12-14-16-18-20-22-24-26-27-28-29-30-31-32-33-34-35-37-39-41-43-45-47-49-51-53-55-62(65)71-60(59-70-72(66,67)69-57-56-63(3,4)5)58-68-61(64)54-52-50-48-46-44-42-40-38-36-25-23-21-19-17-15-13-11-9-7-2/h8-11,14-17,20-23,26-27,29-30,32-33,35-38,41-44,48,50,60H,6-7,12-13,18-19,24-25,28,31,34,39-40,45-47,49,51-59H2,1-5H3/p+1/b10-8-,11-9-,16-14-,17-15-,22-20-,23-21-,27-26-,30-29-,33-32-,37-35-,38-36-,43-41-,44-42-,50-48-. The third kappa shape index (κ3) is 54.7. The van der Waals surface area contributed by atoms with Crippen molar-refractivity contribution in [3.8, 4) is 0 Å². The highest BCUT2D eigenvalue weighted by molar-refractivity contribution is 7.47. The molecule has 0 rings (SSSR count). The van der Waals surface area contributed by atoms with Crippen molar-refractivity contribution in [2.75, 3.05) is 47.5 Å². The zero-order valence-electron chi connectivity index (χ0n) is 45.3. The van der Waals surface area contributed by atoms with E-state index in [4.69, 9.17) is 18.5 Å². The summed E-state index contributed by atoms with van der Waals surface area (Å²) < 4.78 is 34.3. The third-order valence-corrected chi connectivity index (χ3v) is 11.2. The third-order valence-electron chi connectivity index (χ3n) is 10.3. The Morgan fingerprint density at radius 1 is 0.431 bits per heavy atom. The lowest BCUT2D eigenvalue weighted by Crippen LogP contribution is -2.37. The Morgan fingerprint density at radius 2 is 0.778 bits per heavy atom. The van der Waals surface area contributed by atoms with Crippen LogP contribution in [0.15, 0.2) is 170 Å². The van der Waals surface area contributed by atoms with Crippen LogP contribution in [0.25, 0.3) is 0 Å². The molecule has 0 bridgehead atoms. The fourth-order valence-corrected chi connectivity index (χ4v) is 6.91. The summed E-state index contributed by atoms with van der Waals surface area (Å²) in [7, 11) is 1.39. The molecule has 9 nitrogen and oxygen atoms in total. The van der Waals surface area contributed by atoms with E-state index in [1.54, 1.807) is 0 Å². The van der Waals surface area contributed by atoms with Crippen LogP contribution in [0.4, 0.5) is 0 Å². The van der Waals surface area contributed by atoms with Gasteiger partial charge in [-0.15, -0.1) is 0 Å². The van der Waals surface area contributed by atoms with E-state index in [1.807, 2.05) is 33.3 Å². The molecule has 2 unspecified atom stereocenters. The molecule has 0 spiro atoms. The van der Waals surface area contributed by atoms with Gasteiger partial charge in [-0.1, -0.05) is 197 Å². The molecule has 0 heterocycles. The maximum Gasteiger partial charge on any atom is 0.472 e. The molecule has 0 aliphatic heterocycles. The first-order valence-electron chi connectivity index (χ1n) is 26.9. The summed E-state index contributed by atoms with van der Waals surface area (Å²) in [6, 6.07) is 0. The van der Waals surface area contributed by atoms with Gasteiger partial charge in [-0.05, 0) is 116 Å². The molecule has 0 radical (unpaired) electrons. The molecule has 0 fully saturated rings. The molecule has 10 heteroatoms. The van der Waals surface area contributed by atoms with Crippen LogP contribution in [-0.4, -0.2) is 74.9 Å². The molecule has 2 atom stereocenters. The lowest BCUT2D eigenvalue weighted by molar-refractivity contribution is -0.870. The molecule has 0 saturated heterocycles. The highest BCUT2D eigenvalue weighted by atomic mass is 31.2. The molecule has 0 aliphatic carbocycles. The number of likely N-dealkylation sites (N-methyl/N-ethyl adjacent to an activating group) is 1. The molecule has 402 valence electrons. The first kappa shape index (κ1) is 67.4. The van der Waals surface area contributed by atoms with E-state index in [0.717, 1.165) is 116 Å². The number of quaternary nitrogens is 1. The number of carbonyl (C=O) groups excluding carboxylic acids is 2. The number of carbonyl (C=O) groups is 2. The number of phosphoric ester groups is 1. The monoisotopic (exact) mass is 1010 g/mol. The van der Waals surface area contributed by atoms with Crippen LogP contribution in [0.1, 0.15) is 155 Å². The van der Waals surface area contributed by atoms with Crippen molar-refractivity contribution in [1.82, 2.24) is 0 Å².